The van der Waals surface area contributed by atoms with Crippen LogP contribution in [-0.2, 0) is 6.54 Å². The Morgan fingerprint density at radius 3 is 2.64 bits per heavy atom. The van der Waals surface area contributed by atoms with Crippen molar-refractivity contribution in [2.75, 3.05) is 5.73 Å². The Balaban J connectivity index is 3.34. The highest BCUT2D eigenvalue weighted by Gasteiger charge is 2.16. The molecule has 0 amide bonds. The number of hydrogen-bond donors (Lipinski definition) is 2. The molecule has 4 nitrogen and oxygen atoms in total. The fraction of sp³-hybridized carbons (Fsp3) is 0.250. The number of pyridine rings is 1. The second-order valence-corrected chi connectivity index (χ2v) is 2.62. The Hall–Kier alpha value is -1.56. The first kappa shape index (κ1) is 10.5. The number of alkyl halides is 2. The van der Waals surface area contributed by atoms with Crippen molar-refractivity contribution in [2.45, 2.75) is 13.0 Å². The fourth-order valence-corrected chi connectivity index (χ4v) is 1.05. The molecule has 4 N–H and O–H groups in total. The van der Waals surface area contributed by atoms with Gasteiger partial charge in [0.15, 0.2) is 6.29 Å². The normalized spacial score (nSPS) is 10.6. The van der Waals surface area contributed by atoms with Crippen molar-refractivity contribution >= 4 is 12.0 Å². The highest BCUT2D eigenvalue weighted by Crippen LogP contribution is 2.27. The summed E-state index contributed by atoms with van der Waals surface area (Å²) in [5.74, 6) is 0. The topological polar surface area (TPSA) is 82.0 Å². The van der Waals surface area contributed by atoms with Crippen molar-refractivity contribution in [3.63, 3.8) is 0 Å². The van der Waals surface area contributed by atoms with E-state index in [0.29, 0.717) is 6.29 Å². The van der Waals surface area contributed by atoms with E-state index in [4.69, 9.17) is 11.5 Å². The van der Waals surface area contributed by atoms with Crippen LogP contribution in [-0.4, -0.2) is 11.3 Å². The van der Waals surface area contributed by atoms with E-state index in [9.17, 15) is 13.6 Å². The molecular weight excluding hydrogens is 192 g/mol. The van der Waals surface area contributed by atoms with E-state index in [2.05, 4.69) is 4.98 Å². The number of carbonyl (C=O) groups excluding carboxylic acids is 1. The quantitative estimate of drug-likeness (QED) is 0.711. The van der Waals surface area contributed by atoms with Crippen LogP contribution in [0.25, 0.3) is 0 Å². The van der Waals surface area contributed by atoms with E-state index in [1.54, 1.807) is 0 Å². The first-order valence-electron chi connectivity index (χ1n) is 3.82. The fourth-order valence-electron chi connectivity index (χ4n) is 1.05. The molecule has 0 atom stereocenters. The van der Waals surface area contributed by atoms with Gasteiger partial charge in [-0.25, -0.2) is 13.8 Å². The predicted octanol–water partition coefficient (Wildman–Crippen LogP) is 0.873. The molecule has 0 bridgehead atoms. The van der Waals surface area contributed by atoms with E-state index in [1.807, 2.05) is 0 Å². The molecule has 6 heteroatoms. The average Bonchev–Trinajstić information content (AvgIpc) is 2.17. The maximum Gasteiger partial charge on any atom is 0.265 e. The van der Waals surface area contributed by atoms with Crippen LogP contribution in [0.15, 0.2) is 6.07 Å². The standard InChI is InChI=1S/C8H9F2N3O/c9-8(10)5-1-4(3-14)13-6(2-11)7(5)12/h1,3,8H,2,11-12H2. The predicted molar refractivity (Wildman–Crippen MR) is 46.9 cm³/mol. The number of anilines is 1. The van der Waals surface area contributed by atoms with Crippen LogP contribution in [0, 0.1) is 0 Å². The van der Waals surface area contributed by atoms with Gasteiger partial charge < -0.3 is 11.5 Å². The monoisotopic (exact) mass is 201 g/mol. The summed E-state index contributed by atoms with van der Waals surface area (Å²) in [5.41, 5.74) is 10.1. The van der Waals surface area contributed by atoms with Crippen molar-refractivity contribution in [1.29, 1.82) is 0 Å². The zero-order valence-corrected chi connectivity index (χ0v) is 7.21. The number of rotatable bonds is 3. The van der Waals surface area contributed by atoms with Gasteiger partial charge in [0, 0.05) is 12.1 Å². The lowest BCUT2D eigenvalue weighted by molar-refractivity contribution is 0.111. The molecule has 1 heterocycles. The Morgan fingerprint density at radius 2 is 2.21 bits per heavy atom. The number of carbonyl (C=O) groups is 1. The van der Waals surface area contributed by atoms with Crippen LogP contribution < -0.4 is 11.5 Å². The molecule has 0 saturated carbocycles. The molecule has 0 aliphatic heterocycles. The molecule has 1 aromatic heterocycles. The second-order valence-electron chi connectivity index (χ2n) is 2.62. The summed E-state index contributed by atoms with van der Waals surface area (Å²) in [6.07, 6.45) is -2.35. The molecule has 0 aliphatic carbocycles. The zero-order valence-electron chi connectivity index (χ0n) is 7.21. The van der Waals surface area contributed by atoms with Gasteiger partial charge in [0.2, 0.25) is 0 Å². The molecule has 0 radical (unpaired) electrons. The van der Waals surface area contributed by atoms with Gasteiger partial charge in [-0.2, -0.15) is 0 Å². The minimum Gasteiger partial charge on any atom is -0.397 e. The van der Waals surface area contributed by atoms with E-state index >= 15 is 0 Å². The number of nitrogen functional groups attached to an aromatic ring is 1. The van der Waals surface area contributed by atoms with Crippen molar-refractivity contribution < 1.29 is 13.6 Å². The van der Waals surface area contributed by atoms with Crippen LogP contribution in [0.3, 0.4) is 0 Å². The van der Waals surface area contributed by atoms with Gasteiger partial charge in [-0.1, -0.05) is 0 Å². The number of halogens is 2. The van der Waals surface area contributed by atoms with E-state index in [1.165, 1.54) is 0 Å². The highest BCUT2D eigenvalue weighted by molar-refractivity contribution is 5.74. The third kappa shape index (κ3) is 1.85. The Morgan fingerprint density at radius 1 is 1.57 bits per heavy atom. The number of aromatic nitrogens is 1. The molecule has 76 valence electrons. The molecule has 0 aliphatic rings. The third-order valence-corrected chi connectivity index (χ3v) is 1.74. The van der Waals surface area contributed by atoms with E-state index < -0.39 is 12.0 Å². The van der Waals surface area contributed by atoms with E-state index in [0.717, 1.165) is 6.07 Å². The molecule has 0 spiro atoms. The lowest BCUT2D eigenvalue weighted by atomic mass is 10.1. The number of hydrogen-bond acceptors (Lipinski definition) is 4. The average molecular weight is 201 g/mol. The molecule has 0 unspecified atom stereocenters. The molecule has 1 rings (SSSR count). The molecule has 0 fully saturated rings. The third-order valence-electron chi connectivity index (χ3n) is 1.74. The summed E-state index contributed by atoms with van der Waals surface area (Å²) < 4.78 is 24.8. The van der Waals surface area contributed by atoms with Crippen molar-refractivity contribution in [1.82, 2.24) is 4.98 Å². The summed E-state index contributed by atoms with van der Waals surface area (Å²) in [6, 6.07) is 0.964. The van der Waals surface area contributed by atoms with Crippen LogP contribution in [0.5, 0.6) is 0 Å². The van der Waals surface area contributed by atoms with Gasteiger partial charge in [0.05, 0.1) is 11.4 Å². The van der Waals surface area contributed by atoms with Gasteiger partial charge in [-0.3, -0.25) is 4.79 Å². The van der Waals surface area contributed by atoms with Crippen molar-refractivity contribution in [3.05, 3.63) is 23.0 Å². The van der Waals surface area contributed by atoms with Gasteiger partial charge in [-0.15, -0.1) is 0 Å². The highest BCUT2D eigenvalue weighted by atomic mass is 19.3. The first-order chi connectivity index (χ1) is 6.60. The van der Waals surface area contributed by atoms with Crippen molar-refractivity contribution in [2.24, 2.45) is 5.73 Å². The van der Waals surface area contributed by atoms with E-state index in [-0.39, 0.29) is 23.6 Å². The Bertz CT molecular complexity index is 355. The van der Waals surface area contributed by atoms with Crippen LogP contribution in [0.1, 0.15) is 28.2 Å². The van der Waals surface area contributed by atoms with Gasteiger partial charge in [0.1, 0.15) is 5.69 Å². The molecule has 1 aromatic rings. The van der Waals surface area contributed by atoms with Crippen LogP contribution in [0.2, 0.25) is 0 Å². The largest absolute Gasteiger partial charge is 0.397 e. The lowest BCUT2D eigenvalue weighted by Gasteiger charge is -2.08. The second kappa shape index (κ2) is 4.10. The maximum absolute atomic E-state index is 12.4. The van der Waals surface area contributed by atoms with Gasteiger partial charge >= 0.3 is 0 Å². The SMILES string of the molecule is NCc1nc(C=O)cc(C(F)F)c1N. The summed E-state index contributed by atoms with van der Waals surface area (Å²) in [4.78, 5) is 14.1. The van der Waals surface area contributed by atoms with Gasteiger partial charge in [-0.05, 0) is 6.07 Å². The number of aldehydes is 1. The maximum atomic E-state index is 12.4. The van der Waals surface area contributed by atoms with Gasteiger partial charge in [0.25, 0.3) is 6.43 Å². The smallest absolute Gasteiger partial charge is 0.265 e. The molecule has 14 heavy (non-hydrogen) atoms. The Kier molecular flexibility index (Phi) is 3.08. The minimum atomic E-state index is -2.73. The first-order valence-corrected chi connectivity index (χ1v) is 3.82. The Labute approximate surface area is 78.9 Å². The van der Waals surface area contributed by atoms with Crippen LogP contribution in [0.4, 0.5) is 14.5 Å². The van der Waals surface area contributed by atoms with Crippen LogP contribution >= 0.6 is 0 Å². The summed E-state index contributed by atoms with van der Waals surface area (Å²) >= 11 is 0. The zero-order chi connectivity index (χ0) is 10.7. The molecular formula is C8H9F2N3O. The minimum absolute atomic E-state index is 0.0762. The molecule has 0 aromatic carbocycles. The van der Waals surface area contributed by atoms with Crippen molar-refractivity contribution in [3.8, 4) is 0 Å². The molecule has 0 saturated heterocycles. The summed E-state index contributed by atoms with van der Waals surface area (Å²) in [6.45, 7) is -0.0762. The number of nitrogens with zero attached hydrogens (tertiary/aromatic N) is 1. The lowest BCUT2D eigenvalue weighted by Crippen LogP contribution is -2.09. The summed E-state index contributed by atoms with van der Waals surface area (Å²) in [7, 11) is 0. The number of nitrogens with two attached hydrogens (primary N) is 2. The summed E-state index contributed by atoms with van der Waals surface area (Å²) in [5, 5.41) is 0.